The van der Waals surface area contributed by atoms with Gasteiger partial charge in [0.25, 0.3) is 0 Å². The normalized spacial score (nSPS) is 40.5. The van der Waals surface area contributed by atoms with Gasteiger partial charge in [0.1, 0.15) is 0 Å². The van der Waals surface area contributed by atoms with Gasteiger partial charge >= 0.3 is 0 Å². The maximum Gasteiger partial charge on any atom is 0.0748 e. The predicted octanol–water partition coefficient (Wildman–Crippen LogP) is 1.65. The van der Waals surface area contributed by atoms with E-state index in [-0.39, 0.29) is 5.60 Å². The SMILES string of the molecule is OC1(CC2CC2)CCSC1. The van der Waals surface area contributed by atoms with Crippen molar-refractivity contribution < 1.29 is 5.11 Å². The van der Waals surface area contributed by atoms with Gasteiger partial charge in [0, 0.05) is 5.75 Å². The largest absolute Gasteiger partial charge is 0.389 e. The zero-order chi connectivity index (χ0) is 7.03. The summed E-state index contributed by atoms with van der Waals surface area (Å²) in [7, 11) is 0. The lowest BCUT2D eigenvalue weighted by molar-refractivity contribution is 0.0531. The number of rotatable bonds is 2. The van der Waals surface area contributed by atoms with Gasteiger partial charge in [-0.15, -0.1) is 0 Å². The van der Waals surface area contributed by atoms with Crippen LogP contribution in [-0.4, -0.2) is 22.2 Å². The van der Waals surface area contributed by atoms with E-state index in [0.29, 0.717) is 0 Å². The van der Waals surface area contributed by atoms with Crippen LogP contribution in [0.4, 0.5) is 0 Å². The third-order valence-electron chi connectivity index (χ3n) is 2.45. The maximum atomic E-state index is 9.88. The smallest absolute Gasteiger partial charge is 0.0748 e. The molecular weight excluding hydrogens is 144 g/mol. The highest BCUT2D eigenvalue weighted by Crippen LogP contribution is 2.41. The van der Waals surface area contributed by atoms with Gasteiger partial charge in [-0.2, -0.15) is 11.8 Å². The molecule has 0 bridgehead atoms. The Morgan fingerprint density at radius 3 is 2.80 bits per heavy atom. The van der Waals surface area contributed by atoms with Gasteiger partial charge in [0.05, 0.1) is 5.60 Å². The molecule has 1 nitrogen and oxygen atoms in total. The van der Waals surface area contributed by atoms with E-state index in [1.807, 2.05) is 11.8 Å². The molecule has 1 saturated heterocycles. The van der Waals surface area contributed by atoms with E-state index in [1.165, 1.54) is 18.6 Å². The van der Waals surface area contributed by atoms with Gasteiger partial charge in [-0.05, 0) is 24.5 Å². The third kappa shape index (κ3) is 1.48. The van der Waals surface area contributed by atoms with Crippen LogP contribution >= 0.6 is 11.8 Å². The van der Waals surface area contributed by atoms with E-state index in [9.17, 15) is 5.11 Å². The zero-order valence-corrected chi connectivity index (χ0v) is 6.99. The van der Waals surface area contributed by atoms with Crippen LogP contribution in [0.15, 0.2) is 0 Å². The second kappa shape index (κ2) is 2.42. The lowest BCUT2D eigenvalue weighted by Crippen LogP contribution is -2.28. The van der Waals surface area contributed by atoms with E-state index in [1.54, 1.807) is 0 Å². The lowest BCUT2D eigenvalue weighted by atomic mass is 9.96. The van der Waals surface area contributed by atoms with Crippen LogP contribution in [0.5, 0.6) is 0 Å². The predicted molar refractivity (Wildman–Crippen MR) is 44.2 cm³/mol. The van der Waals surface area contributed by atoms with E-state index in [2.05, 4.69) is 0 Å². The molecule has 1 atom stereocenters. The first kappa shape index (κ1) is 6.99. The standard InChI is InChI=1S/C8H14OS/c9-8(3-4-10-6-8)5-7-1-2-7/h7,9H,1-6H2. The van der Waals surface area contributed by atoms with Gasteiger partial charge < -0.3 is 5.11 Å². The van der Waals surface area contributed by atoms with Crippen LogP contribution in [0.25, 0.3) is 0 Å². The quantitative estimate of drug-likeness (QED) is 0.659. The summed E-state index contributed by atoms with van der Waals surface area (Å²) in [6.45, 7) is 0. The highest BCUT2D eigenvalue weighted by molar-refractivity contribution is 7.99. The summed E-state index contributed by atoms with van der Waals surface area (Å²) < 4.78 is 0. The van der Waals surface area contributed by atoms with E-state index in [4.69, 9.17) is 0 Å². The first-order valence-corrected chi connectivity index (χ1v) is 5.24. The van der Waals surface area contributed by atoms with Crippen molar-refractivity contribution in [1.82, 2.24) is 0 Å². The van der Waals surface area contributed by atoms with Crippen molar-refractivity contribution in [2.75, 3.05) is 11.5 Å². The second-order valence-corrected chi connectivity index (χ2v) is 4.78. The van der Waals surface area contributed by atoms with Crippen molar-refractivity contribution in [3.8, 4) is 0 Å². The van der Waals surface area contributed by atoms with Crippen LogP contribution < -0.4 is 0 Å². The van der Waals surface area contributed by atoms with Crippen LogP contribution in [0, 0.1) is 5.92 Å². The minimum Gasteiger partial charge on any atom is -0.389 e. The monoisotopic (exact) mass is 158 g/mol. The van der Waals surface area contributed by atoms with Gasteiger partial charge in [0.15, 0.2) is 0 Å². The summed E-state index contributed by atoms with van der Waals surface area (Å²) in [6.07, 6.45) is 4.86. The Labute approximate surface area is 66.2 Å². The molecule has 1 unspecified atom stereocenters. The first-order valence-electron chi connectivity index (χ1n) is 4.09. The fourth-order valence-electron chi connectivity index (χ4n) is 1.62. The molecular formula is C8H14OS. The second-order valence-electron chi connectivity index (χ2n) is 3.67. The molecule has 58 valence electrons. The summed E-state index contributed by atoms with van der Waals surface area (Å²) in [5.74, 6) is 3.04. The highest BCUT2D eigenvalue weighted by Gasteiger charge is 2.37. The molecule has 1 aliphatic carbocycles. The molecule has 2 heteroatoms. The zero-order valence-electron chi connectivity index (χ0n) is 6.18. The Morgan fingerprint density at radius 2 is 2.30 bits per heavy atom. The fourth-order valence-corrected chi connectivity index (χ4v) is 2.93. The summed E-state index contributed by atoms with van der Waals surface area (Å²) in [5, 5.41) is 9.88. The van der Waals surface area contributed by atoms with Crippen molar-refractivity contribution in [2.45, 2.75) is 31.3 Å². The summed E-state index contributed by atoms with van der Waals surface area (Å²) in [6, 6.07) is 0. The number of aliphatic hydroxyl groups is 1. The molecule has 2 aliphatic rings. The van der Waals surface area contributed by atoms with E-state index < -0.39 is 0 Å². The Bertz CT molecular complexity index is 125. The van der Waals surface area contributed by atoms with E-state index in [0.717, 1.165) is 24.5 Å². The van der Waals surface area contributed by atoms with Crippen molar-refractivity contribution in [3.63, 3.8) is 0 Å². The Hall–Kier alpha value is 0.310. The molecule has 2 fully saturated rings. The summed E-state index contributed by atoms with van der Waals surface area (Å²) >= 11 is 1.90. The molecule has 0 amide bonds. The Balaban J connectivity index is 1.86. The molecule has 0 aromatic heterocycles. The first-order chi connectivity index (χ1) is 4.79. The third-order valence-corrected chi connectivity index (χ3v) is 3.68. The molecule has 10 heavy (non-hydrogen) atoms. The van der Waals surface area contributed by atoms with Gasteiger partial charge in [-0.25, -0.2) is 0 Å². The average molecular weight is 158 g/mol. The van der Waals surface area contributed by atoms with Gasteiger partial charge in [0.2, 0.25) is 0 Å². The molecule has 0 aromatic rings. The molecule has 0 aromatic carbocycles. The molecule has 2 rings (SSSR count). The minimum atomic E-state index is -0.258. The number of thioether (sulfide) groups is 1. The van der Waals surface area contributed by atoms with Crippen molar-refractivity contribution in [1.29, 1.82) is 0 Å². The molecule has 1 heterocycles. The topological polar surface area (TPSA) is 20.2 Å². The minimum absolute atomic E-state index is 0.258. The number of hydrogen-bond acceptors (Lipinski definition) is 2. The van der Waals surface area contributed by atoms with Crippen LogP contribution in [0.1, 0.15) is 25.7 Å². The fraction of sp³-hybridized carbons (Fsp3) is 1.00. The van der Waals surface area contributed by atoms with E-state index >= 15 is 0 Å². The molecule has 1 N–H and O–H groups in total. The Kier molecular flexibility index (Phi) is 1.69. The molecule has 0 spiro atoms. The van der Waals surface area contributed by atoms with Gasteiger partial charge in [-0.3, -0.25) is 0 Å². The highest BCUT2D eigenvalue weighted by atomic mass is 32.2. The van der Waals surface area contributed by atoms with Crippen LogP contribution in [-0.2, 0) is 0 Å². The number of hydrogen-bond donors (Lipinski definition) is 1. The maximum absolute atomic E-state index is 9.88. The Morgan fingerprint density at radius 1 is 1.50 bits per heavy atom. The van der Waals surface area contributed by atoms with Crippen molar-refractivity contribution in [2.24, 2.45) is 5.92 Å². The molecule has 0 radical (unpaired) electrons. The van der Waals surface area contributed by atoms with Crippen LogP contribution in [0.3, 0.4) is 0 Å². The lowest BCUT2D eigenvalue weighted by Gasteiger charge is -2.20. The summed E-state index contributed by atoms with van der Waals surface area (Å²) in [5.41, 5.74) is -0.258. The van der Waals surface area contributed by atoms with Crippen LogP contribution in [0.2, 0.25) is 0 Å². The molecule has 1 saturated carbocycles. The molecule has 1 aliphatic heterocycles. The summed E-state index contributed by atoms with van der Waals surface area (Å²) in [4.78, 5) is 0. The van der Waals surface area contributed by atoms with Crippen molar-refractivity contribution >= 4 is 11.8 Å². The van der Waals surface area contributed by atoms with Crippen molar-refractivity contribution in [3.05, 3.63) is 0 Å². The average Bonchev–Trinajstić information content (AvgIpc) is 2.56. The van der Waals surface area contributed by atoms with Gasteiger partial charge in [-0.1, -0.05) is 12.8 Å².